The zero-order valence-corrected chi connectivity index (χ0v) is 9.04. The van der Waals surface area contributed by atoms with Gasteiger partial charge in [-0.2, -0.15) is 0 Å². The first-order chi connectivity index (χ1) is 6.76. The highest BCUT2D eigenvalue weighted by Gasteiger charge is 2.72. The smallest absolute Gasteiger partial charge is 0.278 e. The summed E-state index contributed by atoms with van der Waals surface area (Å²) in [4.78, 5) is 0. The molecule has 80 valence electrons. The summed E-state index contributed by atoms with van der Waals surface area (Å²) < 4.78 is 14.9. The third-order valence-electron chi connectivity index (χ3n) is 4.46. The van der Waals surface area contributed by atoms with Crippen molar-refractivity contribution in [2.24, 2.45) is 0 Å². The molecule has 14 heavy (non-hydrogen) atoms. The predicted molar refractivity (Wildman–Crippen MR) is 52.1 cm³/mol. The summed E-state index contributed by atoms with van der Waals surface area (Å²) in [5.74, 6) is -0.117. The Morgan fingerprint density at radius 1 is 0.929 bits per heavy atom. The highest BCUT2D eigenvalue weighted by molar-refractivity contribution is 5.03. The van der Waals surface area contributed by atoms with E-state index in [0.717, 1.165) is 25.7 Å². The summed E-state index contributed by atoms with van der Waals surface area (Å²) >= 11 is 0. The molecule has 0 aromatic carbocycles. The van der Waals surface area contributed by atoms with Crippen molar-refractivity contribution in [1.82, 2.24) is 0 Å². The molecular formula is C11H19O3+. The molecule has 3 nitrogen and oxygen atoms in total. The average Bonchev–Trinajstić information content (AvgIpc) is 2.85. The van der Waals surface area contributed by atoms with Crippen molar-refractivity contribution >= 4 is 0 Å². The Labute approximate surface area is 85.0 Å². The van der Waals surface area contributed by atoms with Gasteiger partial charge in [0.25, 0.3) is 11.6 Å². The van der Waals surface area contributed by atoms with Crippen molar-refractivity contribution in [2.75, 3.05) is 14.2 Å². The van der Waals surface area contributed by atoms with Crippen LogP contribution in [0.5, 0.6) is 0 Å². The Hall–Kier alpha value is -0.120. The molecule has 0 aromatic rings. The summed E-state index contributed by atoms with van der Waals surface area (Å²) in [7, 11) is 3.67. The van der Waals surface area contributed by atoms with Gasteiger partial charge in [-0.3, -0.25) is 0 Å². The Balaban J connectivity index is 2.00. The molecule has 2 atom stereocenters. The number of rotatable bonds is 2. The molecule has 3 heterocycles. The van der Waals surface area contributed by atoms with Gasteiger partial charge in [-0.25, -0.2) is 0 Å². The van der Waals surface area contributed by atoms with Gasteiger partial charge in [0, 0.05) is 27.1 Å². The first kappa shape index (κ1) is 9.13. The lowest BCUT2D eigenvalue weighted by atomic mass is 10.1. The molecule has 3 fully saturated rings. The zero-order valence-electron chi connectivity index (χ0n) is 9.04. The summed E-state index contributed by atoms with van der Waals surface area (Å²) in [5, 5.41) is 0. The fourth-order valence-electron chi connectivity index (χ4n) is 3.75. The number of hydrogen-bond acceptors (Lipinski definition) is 2. The van der Waals surface area contributed by atoms with Crippen LogP contribution in [0, 0.1) is 0 Å². The van der Waals surface area contributed by atoms with E-state index in [1.165, 1.54) is 12.8 Å². The van der Waals surface area contributed by atoms with Gasteiger partial charge >= 0.3 is 0 Å². The van der Waals surface area contributed by atoms with Crippen molar-refractivity contribution in [2.45, 2.75) is 56.2 Å². The van der Waals surface area contributed by atoms with Crippen LogP contribution in [0.3, 0.4) is 0 Å². The van der Waals surface area contributed by atoms with Crippen LogP contribution >= 0.6 is 0 Å². The van der Waals surface area contributed by atoms with Gasteiger partial charge in [0.15, 0.2) is 6.10 Å². The van der Waals surface area contributed by atoms with E-state index in [2.05, 4.69) is 4.37 Å². The van der Waals surface area contributed by atoms with Crippen LogP contribution in [-0.2, 0) is 13.8 Å². The van der Waals surface area contributed by atoms with E-state index in [9.17, 15) is 0 Å². The Morgan fingerprint density at radius 3 is 1.86 bits per heavy atom. The molecule has 3 rings (SSSR count). The third kappa shape index (κ3) is 0.841. The predicted octanol–water partition coefficient (Wildman–Crippen LogP) is 1.97. The number of methoxy groups -OCH3 is 2. The summed E-state index contributed by atoms with van der Waals surface area (Å²) in [6.45, 7) is 0. The average molecular weight is 199 g/mol. The monoisotopic (exact) mass is 199 g/mol. The maximum absolute atomic E-state index is 5.74. The molecule has 2 unspecified atom stereocenters. The van der Waals surface area contributed by atoms with Gasteiger partial charge in [-0.1, -0.05) is 0 Å². The lowest BCUT2D eigenvalue weighted by Gasteiger charge is -2.34. The zero-order chi connectivity index (χ0) is 9.81. The van der Waals surface area contributed by atoms with Crippen molar-refractivity contribution in [3.63, 3.8) is 0 Å². The molecule has 0 amide bonds. The Morgan fingerprint density at radius 2 is 1.43 bits per heavy atom. The lowest BCUT2D eigenvalue weighted by Crippen LogP contribution is -2.44. The van der Waals surface area contributed by atoms with Gasteiger partial charge in [0.1, 0.15) is 0 Å². The van der Waals surface area contributed by atoms with Crippen molar-refractivity contribution in [3.8, 4) is 0 Å². The molecule has 3 saturated heterocycles. The molecule has 0 aromatic heterocycles. The summed E-state index contributed by atoms with van der Waals surface area (Å²) in [6, 6.07) is 0. The van der Waals surface area contributed by atoms with E-state index >= 15 is 0 Å². The second-order valence-electron chi connectivity index (χ2n) is 4.77. The topological polar surface area (TPSA) is 21.2 Å². The fraction of sp³-hybridized carbons (Fsp3) is 1.00. The van der Waals surface area contributed by atoms with Crippen molar-refractivity contribution in [1.29, 1.82) is 0 Å². The fourth-order valence-corrected chi connectivity index (χ4v) is 3.75. The van der Waals surface area contributed by atoms with Crippen LogP contribution in [0.4, 0.5) is 0 Å². The van der Waals surface area contributed by atoms with Crippen LogP contribution in [0.1, 0.15) is 38.5 Å². The van der Waals surface area contributed by atoms with Crippen LogP contribution < -0.4 is 0 Å². The molecule has 3 aliphatic rings. The SMILES string of the molecule is COC12CCC3CCC(OC)(CC1)[O+]32. The van der Waals surface area contributed by atoms with Crippen LogP contribution in [0.15, 0.2) is 0 Å². The van der Waals surface area contributed by atoms with Crippen molar-refractivity contribution < 1.29 is 13.8 Å². The molecule has 0 bridgehead atoms. The minimum absolute atomic E-state index is 0.0584. The highest BCUT2D eigenvalue weighted by atomic mass is 16.9. The summed E-state index contributed by atoms with van der Waals surface area (Å²) in [5.41, 5.74) is 0. The standard InChI is InChI=1S/C11H19O3/c1-12-10-5-3-9-4-6-11(13-2,8-7-10)14(9)10/h9H,3-8H2,1-2H3/q+1. The maximum atomic E-state index is 5.74. The summed E-state index contributed by atoms with van der Waals surface area (Å²) in [6.07, 6.45) is 7.68. The van der Waals surface area contributed by atoms with Gasteiger partial charge < -0.3 is 13.8 Å². The van der Waals surface area contributed by atoms with Crippen LogP contribution in [0.25, 0.3) is 0 Å². The molecule has 0 radical (unpaired) electrons. The first-order valence-corrected chi connectivity index (χ1v) is 5.60. The minimum atomic E-state index is -0.0584. The van der Waals surface area contributed by atoms with Crippen LogP contribution in [-0.4, -0.2) is 31.9 Å². The molecule has 0 N–H and O–H groups in total. The third-order valence-corrected chi connectivity index (χ3v) is 4.46. The van der Waals surface area contributed by atoms with E-state index in [4.69, 9.17) is 9.47 Å². The highest BCUT2D eigenvalue weighted by Crippen LogP contribution is 2.61. The second-order valence-corrected chi connectivity index (χ2v) is 4.77. The molecule has 0 saturated carbocycles. The normalized spacial score (nSPS) is 51.4. The van der Waals surface area contributed by atoms with E-state index in [1.807, 2.05) is 14.2 Å². The van der Waals surface area contributed by atoms with Crippen molar-refractivity contribution in [3.05, 3.63) is 0 Å². The van der Waals surface area contributed by atoms with Crippen LogP contribution in [0.2, 0.25) is 0 Å². The van der Waals surface area contributed by atoms with Gasteiger partial charge in [0.05, 0.1) is 25.7 Å². The first-order valence-electron chi connectivity index (χ1n) is 5.60. The second kappa shape index (κ2) is 2.71. The van der Waals surface area contributed by atoms with Gasteiger partial charge in [-0.15, -0.1) is 0 Å². The van der Waals surface area contributed by atoms with Gasteiger partial charge in [0.2, 0.25) is 0 Å². The number of ether oxygens (including phenoxy) is 2. The number of hydrogen-bond donors (Lipinski definition) is 0. The maximum Gasteiger partial charge on any atom is 0.278 e. The Bertz CT molecular complexity index is 231. The van der Waals surface area contributed by atoms with E-state index in [1.54, 1.807) is 0 Å². The van der Waals surface area contributed by atoms with Gasteiger partial charge in [-0.05, 0) is 0 Å². The van der Waals surface area contributed by atoms with E-state index in [-0.39, 0.29) is 11.6 Å². The Kier molecular flexibility index (Phi) is 1.77. The lowest BCUT2D eigenvalue weighted by molar-refractivity contribution is -0.416. The van der Waals surface area contributed by atoms with E-state index < -0.39 is 0 Å². The molecule has 3 heteroatoms. The molecule has 0 aliphatic carbocycles. The quantitative estimate of drug-likeness (QED) is 0.634. The molecule has 0 spiro atoms. The largest absolute Gasteiger partial charge is 0.367 e. The molecular weight excluding hydrogens is 180 g/mol. The minimum Gasteiger partial charge on any atom is -0.367 e. The molecule has 3 aliphatic heterocycles. The van der Waals surface area contributed by atoms with E-state index in [0.29, 0.717) is 6.10 Å².